The van der Waals surface area contributed by atoms with E-state index in [1.165, 1.54) is 0 Å². The SMILES string of the molecule is COc1ccc(NC(N)=NCC(C(C)C)N2CCOCC2)cc1OC. The van der Waals surface area contributed by atoms with Gasteiger partial charge in [0.1, 0.15) is 0 Å². The molecule has 1 atom stereocenters. The second-order valence-corrected chi connectivity index (χ2v) is 6.38. The largest absolute Gasteiger partial charge is 0.493 e. The minimum Gasteiger partial charge on any atom is -0.493 e. The molecule has 0 aliphatic carbocycles. The Kier molecular flexibility index (Phi) is 7.33. The van der Waals surface area contributed by atoms with Gasteiger partial charge < -0.3 is 25.3 Å². The van der Waals surface area contributed by atoms with Crippen molar-refractivity contribution in [2.24, 2.45) is 16.6 Å². The molecule has 3 N–H and O–H groups in total. The molecule has 1 fully saturated rings. The van der Waals surface area contributed by atoms with E-state index in [4.69, 9.17) is 19.9 Å². The number of nitrogens with zero attached hydrogens (tertiary/aromatic N) is 2. The van der Waals surface area contributed by atoms with Gasteiger partial charge in [0.15, 0.2) is 17.5 Å². The molecule has 140 valence electrons. The Bertz CT molecular complexity index is 571. The van der Waals surface area contributed by atoms with Crippen molar-refractivity contribution in [3.8, 4) is 11.5 Å². The van der Waals surface area contributed by atoms with Crippen molar-refractivity contribution in [1.82, 2.24) is 4.90 Å². The Morgan fingerprint density at radius 3 is 2.52 bits per heavy atom. The summed E-state index contributed by atoms with van der Waals surface area (Å²) in [6.45, 7) is 8.55. The first-order chi connectivity index (χ1) is 12.0. The maximum atomic E-state index is 6.07. The first-order valence-corrected chi connectivity index (χ1v) is 8.66. The summed E-state index contributed by atoms with van der Waals surface area (Å²) in [5.41, 5.74) is 6.88. The van der Waals surface area contributed by atoms with Crippen molar-refractivity contribution >= 4 is 11.6 Å². The molecule has 7 heteroatoms. The van der Waals surface area contributed by atoms with Crippen molar-refractivity contribution in [2.45, 2.75) is 19.9 Å². The van der Waals surface area contributed by atoms with E-state index < -0.39 is 0 Å². The third-order valence-corrected chi connectivity index (χ3v) is 4.39. The van der Waals surface area contributed by atoms with Gasteiger partial charge >= 0.3 is 0 Å². The lowest BCUT2D eigenvalue weighted by atomic mass is 10.0. The number of rotatable bonds is 7. The van der Waals surface area contributed by atoms with Gasteiger partial charge in [-0.2, -0.15) is 0 Å². The lowest BCUT2D eigenvalue weighted by molar-refractivity contribution is 0.00870. The number of aliphatic imine (C=N–C) groups is 1. The number of ether oxygens (including phenoxy) is 3. The van der Waals surface area contributed by atoms with Gasteiger partial charge in [0.2, 0.25) is 0 Å². The van der Waals surface area contributed by atoms with Gasteiger partial charge in [0.25, 0.3) is 0 Å². The molecule has 1 unspecified atom stereocenters. The van der Waals surface area contributed by atoms with Gasteiger partial charge in [0.05, 0.1) is 34.0 Å². The number of nitrogens with one attached hydrogen (secondary N) is 1. The van der Waals surface area contributed by atoms with Crippen LogP contribution in [0.15, 0.2) is 23.2 Å². The highest BCUT2D eigenvalue weighted by molar-refractivity contribution is 5.92. The fraction of sp³-hybridized carbons (Fsp3) is 0.611. The fourth-order valence-electron chi connectivity index (χ4n) is 2.95. The average molecular weight is 350 g/mol. The van der Waals surface area contributed by atoms with Gasteiger partial charge in [-0.05, 0) is 18.1 Å². The lowest BCUT2D eigenvalue weighted by Gasteiger charge is -2.36. The van der Waals surface area contributed by atoms with E-state index >= 15 is 0 Å². The zero-order valence-corrected chi connectivity index (χ0v) is 15.6. The number of benzene rings is 1. The Morgan fingerprint density at radius 2 is 1.92 bits per heavy atom. The predicted molar refractivity (Wildman–Crippen MR) is 101 cm³/mol. The van der Waals surface area contributed by atoms with Crippen molar-refractivity contribution in [3.63, 3.8) is 0 Å². The molecule has 0 radical (unpaired) electrons. The second kappa shape index (κ2) is 9.48. The molecule has 1 aliphatic rings. The van der Waals surface area contributed by atoms with Crippen LogP contribution in [0.2, 0.25) is 0 Å². The topological polar surface area (TPSA) is 81.3 Å². The summed E-state index contributed by atoms with van der Waals surface area (Å²) in [6.07, 6.45) is 0. The summed E-state index contributed by atoms with van der Waals surface area (Å²) < 4.78 is 16.0. The third kappa shape index (κ3) is 5.51. The highest BCUT2D eigenvalue weighted by atomic mass is 16.5. The normalized spacial score (nSPS) is 17.4. The van der Waals surface area contributed by atoms with E-state index in [0.29, 0.717) is 36.0 Å². The van der Waals surface area contributed by atoms with Crippen LogP contribution in [0.5, 0.6) is 11.5 Å². The summed E-state index contributed by atoms with van der Waals surface area (Å²) in [6, 6.07) is 5.91. The molecule has 1 aliphatic heterocycles. The standard InChI is InChI=1S/C18H30N4O3/c1-13(2)15(22-7-9-25-10-8-22)12-20-18(19)21-14-5-6-16(23-3)17(11-14)24-4/h5-6,11,13,15H,7-10,12H2,1-4H3,(H3,19,20,21). The van der Waals surface area contributed by atoms with Gasteiger partial charge in [-0.15, -0.1) is 0 Å². The van der Waals surface area contributed by atoms with Crippen LogP contribution >= 0.6 is 0 Å². The molecule has 0 bridgehead atoms. The molecular weight excluding hydrogens is 320 g/mol. The van der Waals surface area contributed by atoms with Crippen LogP contribution in [0.3, 0.4) is 0 Å². The highest BCUT2D eigenvalue weighted by Crippen LogP contribution is 2.29. The number of guanidine groups is 1. The number of anilines is 1. The molecule has 1 heterocycles. The first-order valence-electron chi connectivity index (χ1n) is 8.66. The molecule has 25 heavy (non-hydrogen) atoms. The molecule has 0 spiro atoms. The number of hydrogen-bond donors (Lipinski definition) is 2. The van der Waals surface area contributed by atoms with Crippen LogP contribution in [-0.2, 0) is 4.74 Å². The van der Waals surface area contributed by atoms with Crippen molar-refractivity contribution < 1.29 is 14.2 Å². The molecule has 7 nitrogen and oxygen atoms in total. The highest BCUT2D eigenvalue weighted by Gasteiger charge is 2.23. The van der Waals surface area contributed by atoms with Gasteiger partial charge in [-0.1, -0.05) is 13.8 Å². The van der Waals surface area contributed by atoms with E-state index in [1.54, 1.807) is 14.2 Å². The summed E-state index contributed by atoms with van der Waals surface area (Å²) in [5.74, 6) is 2.21. The van der Waals surface area contributed by atoms with Gasteiger partial charge in [-0.25, -0.2) is 0 Å². The van der Waals surface area contributed by atoms with Crippen LogP contribution in [0.1, 0.15) is 13.8 Å². The maximum absolute atomic E-state index is 6.07. The summed E-state index contributed by atoms with van der Waals surface area (Å²) in [4.78, 5) is 6.97. The molecule has 1 aromatic carbocycles. The molecule has 0 aromatic heterocycles. The molecule has 2 rings (SSSR count). The minimum absolute atomic E-state index is 0.356. The number of hydrogen-bond acceptors (Lipinski definition) is 5. The summed E-state index contributed by atoms with van der Waals surface area (Å²) in [7, 11) is 3.22. The van der Waals surface area contributed by atoms with Gasteiger partial charge in [-0.3, -0.25) is 9.89 Å². The second-order valence-electron chi connectivity index (χ2n) is 6.38. The zero-order chi connectivity index (χ0) is 18.2. The van der Waals surface area contributed by atoms with Crippen LogP contribution in [0.4, 0.5) is 5.69 Å². The molecule has 1 saturated heterocycles. The van der Waals surface area contributed by atoms with Crippen LogP contribution in [-0.4, -0.2) is 64.0 Å². The molecule has 0 amide bonds. The van der Waals surface area contributed by atoms with E-state index in [0.717, 1.165) is 32.0 Å². The van der Waals surface area contributed by atoms with Crippen molar-refractivity contribution in [1.29, 1.82) is 0 Å². The Morgan fingerprint density at radius 1 is 1.24 bits per heavy atom. The van der Waals surface area contributed by atoms with Crippen LogP contribution < -0.4 is 20.5 Å². The van der Waals surface area contributed by atoms with E-state index in [-0.39, 0.29) is 0 Å². The molecule has 0 saturated carbocycles. The lowest BCUT2D eigenvalue weighted by Crippen LogP contribution is -2.47. The smallest absolute Gasteiger partial charge is 0.193 e. The maximum Gasteiger partial charge on any atom is 0.193 e. The van der Waals surface area contributed by atoms with E-state index in [9.17, 15) is 0 Å². The number of nitrogens with two attached hydrogens (primary N) is 1. The zero-order valence-electron chi connectivity index (χ0n) is 15.6. The first kappa shape index (κ1) is 19.3. The summed E-state index contributed by atoms with van der Waals surface area (Å²) >= 11 is 0. The van der Waals surface area contributed by atoms with Crippen LogP contribution in [0.25, 0.3) is 0 Å². The monoisotopic (exact) mass is 350 g/mol. The van der Waals surface area contributed by atoms with E-state index in [1.807, 2.05) is 18.2 Å². The quantitative estimate of drug-likeness (QED) is 0.576. The average Bonchev–Trinajstić information content (AvgIpc) is 2.62. The third-order valence-electron chi connectivity index (χ3n) is 4.39. The fourth-order valence-corrected chi connectivity index (χ4v) is 2.95. The minimum atomic E-state index is 0.356. The predicted octanol–water partition coefficient (Wildman–Crippen LogP) is 1.79. The summed E-state index contributed by atoms with van der Waals surface area (Å²) in [5, 5.41) is 3.11. The Balaban J connectivity index is 1.99. The van der Waals surface area contributed by atoms with E-state index in [2.05, 4.69) is 29.1 Å². The molecular formula is C18H30N4O3. The Hall–Kier alpha value is -1.99. The number of morpholine rings is 1. The number of methoxy groups -OCH3 is 2. The van der Waals surface area contributed by atoms with Crippen LogP contribution in [0, 0.1) is 5.92 Å². The molecule has 1 aromatic rings. The van der Waals surface area contributed by atoms with Crippen molar-refractivity contribution in [3.05, 3.63) is 18.2 Å². The van der Waals surface area contributed by atoms with Gasteiger partial charge in [0, 0.05) is 30.9 Å². The Labute approximate surface area is 150 Å². The van der Waals surface area contributed by atoms with Crippen molar-refractivity contribution in [2.75, 3.05) is 52.4 Å².